The van der Waals surface area contributed by atoms with Crippen molar-refractivity contribution >= 4 is 15.9 Å². The first-order chi connectivity index (χ1) is 15.5. The largest absolute Gasteiger partial charge is 0.470 e. The van der Waals surface area contributed by atoms with Gasteiger partial charge >= 0.3 is 0 Å². The third-order valence-corrected chi connectivity index (χ3v) is 7.68. The summed E-state index contributed by atoms with van der Waals surface area (Å²) in [7, 11) is -3.53. The summed E-state index contributed by atoms with van der Waals surface area (Å²) in [6.45, 7) is 2.02. The van der Waals surface area contributed by atoms with E-state index in [1.807, 2.05) is 6.07 Å². The van der Waals surface area contributed by atoms with Crippen molar-refractivity contribution in [3.63, 3.8) is 0 Å². The van der Waals surface area contributed by atoms with Crippen molar-refractivity contribution in [2.75, 3.05) is 26.2 Å². The van der Waals surface area contributed by atoms with Crippen LogP contribution in [0.25, 0.3) is 0 Å². The molecule has 168 valence electrons. The van der Waals surface area contributed by atoms with Gasteiger partial charge in [0.05, 0.1) is 11.4 Å². The maximum absolute atomic E-state index is 13.0. The highest BCUT2D eigenvalue weighted by atomic mass is 32.2. The number of rotatable bonds is 5. The molecule has 9 nitrogen and oxygen atoms in total. The number of hydrogen-bond donors (Lipinski definition) is 0. The fraction of sp³-hybridized carbons (Fsp3) is 0.455. The number of likely N-dealkylation sites (tertiary alicyclic amines) is 1. The zero-order chi connectivity index (χ0) is 22.6. The molecule has 0 radical (unpaired) electrons. The predicted molar refractivity (Wildman–Crippen MR) is 115 cm³/mol. The molecule has 2 fully saturated rings. The van der Waals surface area contributed by atoms with E-state index < -0.39 is 10.0 Å². The Balaban J connectivity index is 1.43. The van der Waals surface area contributed by atoms with Crippen molar-refractivity contribution < 1.29 is 17.9 Å². The van der Waals surface area contributed by atoms with E-state index >= 15 is 0 Å². The number of benzene rings is 1. The van der Waals surface area contributed by atoms with Gasteiger partial charge in [-0.3, -0.25) is 4.79 Å². The highest BCUT2D eigenvalue weighted by Gasteiger charge is 2.28. The van der Waals surface area contributed by atoms with E-state index in [2.05, 4.69) is 9.97 Å². The molecule has 2 aliphatic heterocycles. The molecule has 0 aliphatic carbocycles. The summed E-state index contributed by atoms with van der Waals surface area (Å²) >= 11 is 0. The van der Waals surface area contributed by atoms with Crippen LogP contribution in [-0.4, -0.2) is 65.8 Å². The second kappa shape index (κ2) is 9.63. The number of carbonyl (C=O) groups excluding carboxylic acids is 1. The predicted octanol–water partition coefficient (Wildman–Crippen LogP) is 2.21. The molecule has 0 N–H and O–H groups in total. The van der Waals surface area contributed by atoms with Crippen LogP contribution >= 0.6 is 0 Å². The van der Waals surface area contributed by atoms with E-state index in [4.69, 9.17) is 10.00 Å². The van der Waals surface area contributed by atoms with Crippen LogP contribution in [0.2, 0.25) is 0 Å². The molecule has 0 saturated carbocycles. The number of hydrogen-bond acceptors (Lipinski definition) is 7. The number of nitrogens with zero attached hydrogens (tertiary/aromatic N) is 5. The minimum absolute atomic E-state index is 0.112. The first-order valence-corrected chi connectivity index (χ1v) is 12.2. The summed E-state index contributed by atoms with van der Waals surface area (Å²) in [6.07, 6.45) is 6.87. The van der Waals surface area contributed by atoms with Gasteiger partial charge in [-0.25, -0.2) is 18.4 Å². The Morgan fingerprint density at radius 3 is 2.47 bits per heavy atom. The van der Waals surface area contributed by atoms with Gasteiger partial charge in [-0.1, -0.05) is 6.42 Å². The highest BCUT2D eigenvalue weighted by Crippen LogP contribution is 2.23. The number of aromatic nitrogens is 2. The fourth-order valence-electron chi connectivity index (χ4n) is 4.07. The summed E-state index contributed by atoms with van der Waals surface area (Å²) in [4.78, 5) is 22.9. The topological polar surface area (TPSA) is 116 Å². The molecule has 1 amide bonds. The van der Waals surface area contributed by atoms with Crippen molar-refractivity contribution in [3.05, 3.63) is 47.9 Å². The van der Waals surface area contributed by atoms with Gasteiger partial charge in [-0.05, 0) is 49.9 Å². The normalized spacial score (nSPS) is 19.8. The smallest absolute Gasteiger partial charge is 0.253 e. The lowest BCUT2D eigenvalue weighted by Crippen LogP contribution is -2.44. The average Bonchev–Trinajstić information content (AvgIpc) is 2.85. The van der Waals surface area contributed by atoms with Gasteiger partial charge in [0.15, 0.2) is 0 Å². The summed E-state index contributed by atoms with van der Waals surface area (Å²) in [5.41, 5.74) is 0.543. The SMILES string of the molecule is N#Cc1nccnc1OC1CCCN(C(=O)c2ccc(S(=O)(=O)N3CCCCC3)cc2)C1. The Kier molecular flexibility index (Phi) is 6.67. The van der Waals surface area contributed by atoms with Gasteiger partial charge in [0.25, 0.3) is 11.8 Å². The van der Waals surface area contributed by atoms with E-state index in [0.29, 0.717) is 31.7 Å². The van der Waals surface area contributed by atoms with Crippen LogP contribution in [-0.2, 0) is 10.0 Å². The number of piperidine rings is 2. The second-order valence-electron chi connectivity index (χ2n) is 7.94. The van der Waals surface area contributed by atoms with Gasteiger partial charge in [0.2, 0.25) is 15.7 Å². The highest BCUT2D eigenvalue weighted by molar-refractivity contribution is 7.89. The van der Waals surface area contributed by atoms with Crippen molar-refractivity contribution in [2.24, 2.45) is 0 Å². The Hall–Kier alpha value is -3.03. The third-order valence-electron chi connectivity index (χ3n) is 5.77. The van der Waals surface area contributed by atoms with Crippen LogP contribution in [0.5, 0.6) is 5.88 Å². The molecule has 1 aromatic carbocycles. The summed E-state index contributed by atoms with van der Waals surface area (Å²) in [6, 6.07) is 8.11. The maximum atomic E-state index is 13.0. The molecule has 4 rings (SSSR count). The standard InChI is InChI=1S/C22H25N5O4S/c23-15-20-21(25-11-10-24-20)31-18-5-4-12-26(16-18)22(28)17-6-8-19(9-7-17)32(29,30)27-13-2-1-3-14-27/h6-11,18H,1-5,12-14,16H2. The average molecular weight is 456 g/mol. The minimum atomic E-state index is -3.53. The van der Waals surface area contributed by atoms with Crippen LogP contribution in [0.1, 0.15) is 48.2 Å². The molecular weight excluding hydrogens is 430 g/mol. The van der Waals surface area contributed by atoms with E-state index in [9.17, 15) is 13.2 Å². The molecule has 1 unspecified atom stereocenters. The first kappa shape index (κ1) is 22.2. The molecule has 10 heteroatoms. The van der Waals surface area contributed by atoms with E-state index in [1.165, 1.54) is 28.8 Å². The van der Waals surface area contributed by atoms with Gasteiger partial charge in [0, 0.05) is 37.6 Å². The summed E-state index contributed by atoms with van der Waals surface area (Å²) in [5, 5.41) is 9.16. The van der Waals surface area contributed by atoms with Crippen molar-refractivity contribution in [2.45, 2.75) is 43.1 Å². The monoisotopic (exact) mass is 455 g/mol. The van der Waals surface area contributed by atoms with Crippen LogP contribution in [0, 0.1) is 11.3 Å². The number of carbonyl (C=O) groups is 1. The number of ether oxygens (including phenoxy) is 1. The van der Waals surface area contributed by atoms with Crippen LogP contribution in [0.3, 0.4) is 0 Å². The molecule has 0 spiro atoms. The first-order valence-electron chi connectivity index (χ1n) is 10.8. The number of nitriles is 1. The molecule has 1 aromatic heterocycles. The quantitative estimate of drug-likeness (QED) is 0.678. The summed E-state index contributed by atoms with van der Waals surface area (Å²) < 4.78 is 33.0. The van der Waals surface area contributed by atoms with Crippen LogP contribution < -0.4 is 4.74 Å². The van der Waals surface area contributed by atoms with Crippen molar-refractivity contribution in [1.29, 1.82) is 5.26 Å². The van der Waals surface area contributed by atoms with E-state index in [-0.39, 0.29) is 28.5 Å². The molecular formula is C22H25N5O4S. The minimum Gasteiger partial charge on any atom is -0.470 e. The molecule has 3 heterocycles. The maximum Gasteiger partial charge on any atom is 0.253 e. The van der Waals surface area contributed by atoms with Crippen molar-refractivity contribution in [1.82, 2.24) is 19.2 Å². The van der Waals surface area contributed by atoms with Crippen LogP contribution in [0.15, 0.2) is 41.6 Å². The lowest BCUT2D eigenvalue weighted by atomic mass is 10.1. The van der Waals surface area contributed by atoms with E-state index in [0.717, 1.165) is 32.1 Å². The van der Waals surface area contributed by atoms with Gasteiger partial charge in [-0.2, -0.15) is 9.57 Å². The molecule has 1 atom stereocenters. The lowest BCUT2D eigenvalue weighted by molar-refractivity contribution is 0.0526. The van der Waals surface area contributed by atoms with Gasteiger partial charge in [-0.15, -0.1) is 0 Å². The van der Waals surface area contributed by atoms with Crippen LogP contribution in [0.4, 0.5) is 0 Å². The molecule has 2 saturated heterocycles. The number of amides is 1. The van der Waals surface area contributed by atoms with Crippen molar-refractivity contribution in [3.8, 4) is 11.9 Å². The third kappa shape index (κ3) is 4.74. The molecule has 32 heavy (non-hydrogen) atoms. The molecule has 2 aromatic rings. The zero-order valence-electron chi connectivity index (χ0n) is 17.7. The molecule has 2 aliphatic rings. The Morgan fingerprint density at radius 2 is 1.75 bits per heavy atom. The van der Waals surface area contributed by atoms with E-state index in [1.54, 1.807) is 17.0 Å². The Morgan fingerprint density at radius 1 is 1.03 bits per heavy atom. The lowest BCUT2D eigenvalue weighted by Gasteiger charge is -2.32. The Labute approximate surface area is 187 Å². The second-order valence-corrected chi connectivity index (χ2v) is 9.88. The fourth-order valence-corrected chi connectivity index (χ4v) is 5.59. The Bertz CT molecular complexity index is 1110. The molecule has 0 bridgehead atoms. The van der Waals surface area contributed by atoms with Gasteiger partial charge < -0.3 is 9.64 Å². The zero-order valence-corrected chi connectivity index (χ0v) is 18.5. The van der Waals surface area contributed by atoms with Gasteiger partial charge in [0.1, 0.15) is 12.2 Å². The summed E-state index contributed by atoms with van der Waals surface area (Å²) in [5.74, 6) is -0.0126. The number of sulfonamides is 1.